The number of amides is 1. The molecule has 4 rings (SSSR count). The second-order valence-corrected chi connectivity index (χ2v) is 6.34. The predicted octanol–water partition coefficient (Wildman–Crippen LogP) is 4.57. The number of rotatable bonds is 4. The van der Waals surface area contributed by atoms with Crippen LogP contribution in [0.3, 0.4) is 0 Å². The maximum Gasteiger partial charge on any atom is 0.411 e. The zero-order valence-corrected chi connectivity index (χ0v) is 15.7. The Morgan fingerprint density at radius 1 is 1.14 bits per heavy atom. The number of benzene rings is 3. The summed E-state index contributed by atoms with van der Waals surface area (Å²) in [6.45, 7) is 1.96. The Labute approximate surface area is 166 Å². The molecule has 1 aromatic heterocycles. The second kappa shape index (κ2) is 7.55. The lowest BCUT2D eigenvalue weighted by Gasteiger charge is -2.09. The number of phenols is 1. The largest absolute Gasteiger partial charge is 0.508 e. The molecule has 1 heterocycles. The number of carbonyl (C=O) groups is 1. The van der Waals surface area contributed by atoms with Crippen LogP contribution in [0.25, 0.3) is 21.7 Å². The lowest BCUT2D eigenvalue weighted by Crippen LogP contribution is -2.16. The molecule has 0 aliphatic carbocycles. The highest BCUT2D eigenvalue weighted by Crippen LogP contribution is 2.38. The third-order valence-corrected chi connectivity index (χ3v) is 4.57. The summed E-state index contributed by atoms with van der Waals surface area (Å²) in [5.74, 6) is 6.11. The van der Waals surface area contributed by atoms with Crippen LogP contribution in [0.2, 0.25) is 0 Å². The summed E-state index contributed by atoms with van der Waals surface area (Å²) in [6, 6.07) is 18.0. The third-order valence-electron chi connectivity index (χ3n) is 4.57. The van der Waals surface area contributed by atoms with Crippen LogP contribution >= 0.6 is 0 Å². The van der Waals surface area contributed by atoms with Crippen molar-refractivity contribution in [3.8, 4) is 5.75 Å². The monoisotopic (exact) mass is 389 g/mol. The third kappa shape index (κ3) is 3.34. The SMILES string of the molecule is CCOC(=O)Nc1c(/C(=N/N)c2ccc(O)cc2)oc2ccc3ccccc3c12. The topological polar surface area (TPSA) is 110 Å². The van der Waals surface area contributed by atoms with Gasteiger partial charge in [0.15, 0.2) is 5.76 Å². The van der Waals surface area contributed by atoms with Gasteiger partial charge in [-0.25, -0.2) is 4.79 Å². The van der Waals surface area contributed by atoms with Crippen LogP contribution in [0.4, 0.5) is 10.5 Å². The van der Waals surface area contributed by atoms with E-state index in [4.69, 9.17) is 15.0 Å². The molecule has 4 N–H and O–H groups in total. The van der Waals surface area contributed by atoms with E-state index in [1.54, 1.807) is 19.1 Å². The Hall–Kier alpha value is -4.00. The molecule has 0 unspecified atom stereocenters. The van der Waals surface area contributed by atoms with Crippen molar-refractivity contribution < 1.29 is 19.1 Å². The molecule has 0 aliphatic rings. The van der Waals surface area contributed by atoms with E-state index >= 15 is 0 Å². The fourth-order valence-electron chi connectivity index (χ4n) is 3.31. The van der Waals surface area contributed by atoms with E-state index in [1.165, 1.54) is 12.1 Å². The molecular weight excluding hydrogens is 370 g/mol. The molecule has 0 aliphatic heterocycles. The Morgan fingerprint density at radius 2 is 1.90 bits per heavy atom. The quantitative estimate of drug-likeness (QED) is 0.269. The van der Waals surface area contributed by atoms with Crippen molar-refractivity contribution in [1.82, 2.24) is 0 Å². The van der Waals surface area contributed by atoms with Gasteiger partial charge in [-0.2, -0.15) is 5.10 Å². The standard InChI is InChI=1S/C22H19N3O4/c1-2-28-22(27)24-20-18-16-6-4-3-5-13(16)9-12-17(18)29-21(20)19(25-23)14-7-10-15(26)11-8-14/h3-12,26H,2,23H2,1H3,(H,24,27)/b25-19+. The summed E-state index contributed by atoms with van der Waals surface area (Å²) in [5, 5.41) is 18.9. The van der Waals surface area contributed by atoms with Crippen molar-refractivity contribution in [2.75, 3.05) is 11.9 Å². The van der Waals surface area contributed by atoms with E-state index in [0.717, 1.165) is 16.2 Å². The zero-order chi connectivity index (χ0) is 20.4. The van der Waals surface area contributed by atoms with Crippen molar-refractivity contribution in [2.24, 2.45) is 10.9 Å². The van der Waals surface area contributed by atoms with Gasteiger partial charge in [0, 0.05) is 5.56 Å². The number of hydrazone groups is 1. The highest BCUT2D eigenvalue weighted by molar-refractivity contribution is 6.23. The number of furan rings is 1. The number of phenolic OH excluding ortho intramolecular Hbond substituents is 1. The van der Waals surface area contributed by atoms with Crippen molar-refractivity contribution in [3.63, 3.8) is 0 Å². The second-order valence-electron chi connectivity index (χ2n) is 6.34. The molecule has 0 spiro atoms. The van der Waals surface area contributed by atoms with Gasteiger partial charge in [0.1, 0.15) is 22.7 Å². The number of nitrogens with two attached hydrogens (primary N) is 1. The Balaban J connectivity index is 1.98. The smallest absolute Gasteiger partial charge is 0.411 e. The van der Waals surface area contributed by atoms with Crippen LogP contribution in [0.15, 0.2) is 70.2 Å². The summed E-state index contributed by atoms with van der Waals surface area (Å²) in [6.07, 6.45) is -0.605. The minimum atomic E-state index is -0.605. The van der Waals surface area contributed by atoms with E-state index in [2.05, 4.69) is 10.4 Å². The Kier molecular flexibility index (Phi) is 4.78. The normalized spacial score (nSPS) is 11.7. The minimum absolute atomic E-state index is 0.116. The van der Waals surface area contributed by atoms with Crippen molar-refractivity contribution in [1.29, 1.82) is 0 Å². The van der Waals surface area contributed by atoms with Crippen LogP contribution in [0, 0.1) is 0 Å². The molecule has 0 saturated carbocycles. The number of aromatic hydroxyl groups is 1. The lowest BCUT2D eigenvalue weighted by atomic mass is 10.0. The highest BCUT2D eigenvalue weighted by atomic mass is 16.5. The lowest BCUT2D eigenvalue weighted by molar-refractivity contribution is 0.168. The molecule has 0 radical (unpaired) electrons. The molecular formula is C22H19N3O4. The number of fused-ring (bicyclic) bond motifs is 3. The number of nitrogens with zero attached hydrogens (tertiary/aromatic N) is 1. The average Bonchev–Trinajstić information content (AvgIpc) is 3.08. The van der Waals surface area contributed by atoms with Gasteiger partial charge in [-0.1, -0.05) is 30.3 Å². The van der Waals surface area contributed by atoms with Crippen LogP contribution < -0.4 is 11.2 Å². The van der Waals surface area contributed by atoms with E-state index in [1.807, 2.05) is 36.4 Å². The van der Waals surface area contributed by atoms with Crippen LogP contribution in [-0.2, 0) is 4.74 Å². The van der Waals surface area contributed by atoms with Gasteiger partial charge in [0.25, 0.3) is 0 Å². The molecule has 7 nitrogen and oxygen atoms in total. The number of anilines is 1. The van der Waals surface area contributed by atoms with E-state index < -0.39 is 6.09 Å². The van der Waals surface area contributed by atoms with Crippen LogP contribution in [0.5, 0.6) is 5.75 Å². The number of carbonyl (C=O) groups excluding carboxylic acids is 1. The molecule has 0 fully saturated rings. The predicted molar refractivity (Wildman–Crippen MR) is 112 cm³/mol. The first-order valence-electron chi connectivity index (χ1n) is 9.08. The number of hydrogen-bond acceptors (Lipinski definition) is 6. The first-order valence-corrected chi connectivity index (χ1v) is 9.08. The summed E-state index contributed by atoms with van der Waals surface area (Å²) >= 11 is 0. The molecule has 146 valence electrons. The molecule has 0 bridgehead atoms. The number of hydrogen-bond donors (Lipinski definition) is 3. The van der Waals surface area contributed by atoms with Gasteiger partial charge in [0.2, 0.25) is 0 Å². The first kappa shape index (κ1) is 18.4. The van der Waals surface area contributed by atoms with Crippen LogP contribution in [-0.4, -0.2) is 23.5 Å². The Bertz CT molecular complexity index is 1230. The van der Waals surface area contributed by atoms with Crippen molar-refractivity contribution in [3.05, 3.63) is 72.0 Å². The Morgan fingerprint density at radius 3 is 2.62 bits per heavy atom. The molecule has 29 heavy (non-hydrogen) atoms. The molecule has 4 aromatic rings. The van der Waals surface area contributed by atoms with Gasteiger partial charge < -0.3 is 20.1 Å². The first-order chi connectivity index (χ1) is 14.1. The maximum absolute atomic E-state index is 12.3. The summed E-state index contributed by atoms with van der Waals surface area (Å²) in [4.78, 5) is 12.3. The van der Waals surface area contributed by atoms with E-state index in [-0.39, 0.29) is 12.4 Å². The zero-order valence-electron chi connectivity index (χ0n) is 15.7. The molecule has 0 atom stereocenters. The molecule has 1 amide bonds. The average molecular weight is 389 g/mol. The van der Waals surface area contributed by atoms with Crippen LogP contribution in [0.1, 0.15) is 18.2 Å². The minimum Gasteiger partial charge on any atom is -0.508 e. The summed E-state index contributed by atoms with van der Waals surface area (Å²) < 4.78 is 11.2. The van der Waals surface area contributed by atoms with E-state index in [9.17, 15) is 9.90 Å². The van der Waals surface area contributed by atoms with Gasteiger partial charge in [-0.05, 0) is 48.0 Å². The van der Waals surface area contributed by atoms with Crippen molar-refractivity contribution >= 4 is 39.2 Å². The highest BCUT2D eigenvalue weighted by Gasteiger charge is 2.24. The molecule has 0 saturated heterocycles. The number of ether oxygens (including phenoxy) is 1. The van der Waals surface area contributed by atoms with Gasteiger partial charge in [-0.3, -0.25) is 5.32 Å². The van der Waals surface area contributed by atoms with Gasteiger partial charge >= 0.3 is 6.09 Å². The molecule has 7 heteroatoms. The molecule has 3 aromatic carbocycles. The number of nitrogens with one attached hydrogen (secondary N) is 1. The van der Waals surface area contributed by atoms with Gasteiger partial charge in [-0.15, -0.1) is 0 Å². The van der Waals surface area contributed by atoms with Crippen molar-refractivity contribution in [2.45, 2.75) is 6.92 Å². The fraction of sp³-hybridized carbons (Fsp3) is 0.0909. The maximum atomic E-state index is 12.3. The van der Waals surface area contributed by atoms with Gasteiger partial charge in [0.05, 0.1) is 12.0 Å². The van der Waals surface area contributed by atoms with E-state index in [0.29, 0.717) is 28.3 Å². The fourth-order valence-corrected chi connectivity index (χ4v) is 3.31. The summed E-state index contributed by atoms with van der Waals surface area (Å²) in [7, 11) is 0. The summed E-state index contributed by atoms with van der Waals surface area (Å²) in [5.41, 5.74) is 1.95.